The molecule has 0 spiro atoms. The van der Waals surface area contributed by atoms with Crippen LogP contribution in [0, 0.1) is 0 Å². The molecule has 0 aliphatic rings. The first-order valence-electron chi connectivity index (χ1n) is 7.32. The number of allylic oxidation sites excluding steroid dienone is 2. The fourth-order valence-electron chi connectivity index (χ4n) is 1.42. The Morgan fingerprint density at radius 1 is 1.05 bits per heavy atom. The van der Waals surface area contributed by atoms with Crippen LogP contribution >= 0.6 is 0 Å². The Morgan fingerprint density at radius 3 is 2.23 bits per heavy atom. The predicted molar refractivity (Wildman–Crippen MR) is 89.9 cm³/mol. The van der Waals surface area contributed by atoms with Crippen molar-refractivity contribution < 1.29 is 8.78 Å². The quantitative estimate of drug-likeness (QED) is 0.634. The number of fused-ring (bicyclic) bond motifs is 1. The summed E-state index contributed by atoms with van der Waals surface area (Å²) >= 11 is 0. The Balaban J connectivity index is 0.000000360. The highest BCUT2D eigenvalue weighted by Gasteiger charge is 1.98. The van der Waals surface area contributed by atoms with Crippen LogP contribution in [-0.4, -0.2) is 10.2 Å². The molecule has 2 rings (SSSR count). The number of hydrogen-bond acceptors (Lipinski definition) is 2. The Labute approximate surface area is 131 Å². The van der Waals surface area contributed by atoms with Gasteiger partial charge in [0.05, 0.1) is 11.7 Å². The molecule has 0 radical (unpaired) electrons. The van der Waals surface area contributed by atoms with E-state index >= 15 is 0 Å². The zero-order chi connectivity index (χ0) is 17.0. The van der Waals surface area contributed by atoms with E-state index in [2.05, 4.69) is 16.8 Å². The summed E-state index contributed by atoms with van der Waals surface area (Å²) < 4.78 is 23.5. The van der Waals surface area contributed by atoms with Crippen molar-refractivity contribution in [1.82, 2.24) is 10.2 Å². The molecule has 1 aromatic carbocycles. The number of benzene rings is 1. The Bertz CT molecular complexity index is 537. The van der Waals surface area contributed by atoms with Crippen molar-refractivity contribution in [3.05, 3.63) is 60.3 Å². The normalized spacial score (nSPS) is 9.00. The molecule has 0 saturated carbocycles. The van der Waals surface area contributed by atoms with Crippen LogP contribution in [0.25, 0.3) is 10.9 Å². The van der Waals surface area contributed by atoms with E-state index in [9.17, 15) is 8.78 Å². The molecule has 0 aliphatic carbocycles. The summed E-state index contributed by atoms with van der Waals surface area (Å²) in [6, 6.07) is 9.86. The molecular weight excluding hydrogens is 282 g/mol. The van der Waals surface area contributed by atoms with Gasteiger partial charge in [0.15, 0.2) is 0 Å². The Hall–Kier alpha value is -2.10. The van der Waals surface area contributed by atoms with Crippen molar-refractivity contribution in [2.45, 2.75) is 40.5 Å². The molecule has 0 saturated heterocycles. The van der Waals surface area contributed by atoms with Crippen molar-refractivity contribution in [3.8, 4) is 0 Å². The third-order valence-corrected chi connectivity index (χ3v) is 2.67. The molecule has 0 amide bonds. The molecule has 1 aromatic heterocycles. The van der Waals surface area contributed by atoms with E-state index in [-0.39, 0.29) is 5.57 Å². The summed E-state index contributed by atoms with van der Waals surface area (Å²) in [5.74, 6) is 0. The highest BCUT2D eigenvalue weighted by Crippen LogP contribution is 2.14. The van der Waals surface area contributed by atoms with Crippen molar-refractivity contribution in [1.29, 1.82) is 0 Å². The Morgan fingerprint density at radius 2 is 1.68 bits per heavy atom. The SMILES string of the molecule is C=C(C)CCC(C)=C(F)F.CC.c1ccc2nnccc2c1. The first-order valence-corrected chi connectivity index (χ1v) is 7.32. The van der Waals surface area contributed by atoms with Crippen LogP contribution in [0.4, 0.5) is 8.78 Å². The maximum absolute atomic E-state index is 11.7. The van der Waals surface area contributed by atoms with Gasteiger partial charge < -0.3 is 0 Å². The highest BCUT2D eigenvalue weighted by molar-refractivity contribution is 5.77. The van der Waals surface area contributed by atoms with Gasteiger partial charge in [-0.3, -0.25) is 0 Å². The zero-order valence-electron chi connectivity index (χ0n) is 13.7. The zero-order valence-corrected chi connectivity index (χ0v) is 13.7. The van der Waals surface area contributed by atoms with E-state index in [1.807, 2.05) is 51.1 Å². The molecule has 0 unspecified atom stereocenters. The second kappa shape index (κ2) is 11.5. The van der Waals surface area contributed by atoms with Crippen LogP contribution in [-0.2, 0) is 0 Å². The van der Waals surface area contributed by atoms with Crippen LogP contribution in [0.3, 0.4) is 0 Å². The van der Waals surface area contributed by atoms with Crippen molar-refractivity contribution in [2.75, 3.05) is 0 Å². The largest absolute Gasteiger partial charge is 0.269 e. The maximum Gasteiger partial charge on any atom is 0.269 e. The summed E-state index contributed by atoms with van der Waals surface area (Å²) in [7, 11) is 0. The molecule has 0 aliphatic heterocycles. The van der Waals surface area contributed by atoms with E-state index in [0.717, 1.165) is 16.5 Å². The molecule has 0 bridgehead atoms. The first-order chi connectivity index (χ1) is 10.5. The lowest BCUT2D eigenvalue weighted by atomic mass is 10.1. The standard InChI is InChI=1S/C8H12F2.C8H6N2.C2H6/c1-6(2)4-5-7(3)8(9)10;1-2-4-8-7(3-1)5-6-9-10-8;1-2/h1,4-5H2,2-3H3;1-6H;1-2H3. The molecule has 2 nitrogen and oxygen atoms in total. The van der Waals surface area contributed by atoms with E-state index in [4.69, 9.17) is 0 Å². The third-order valence-electron chi connectivity index (χ3n) is 2.67. The van der Waals surface area contributed by atoms with Crippen LogP contribution < -0.4 is 0 Å². The number of nitrogens with zero attached hydrogens (tertiary/aromatic N) is 2. The number of hydrogen-bond donors (Lipinski definition) is 0. The second-order valence-electron chi connectivity index (χ2n) is 4.59. The predicted octanol–water partition coefficient (Wildman–Crippen LogP) is 6.17. The van der Waals surface area contributed by atoms with Crippen LogP contribution in [0.5, 0.6) is 0 Å². The number of halogens is 2. The second-order valence-corrected chi connectivity index (χ2v) is 4.59. The van der Waals surface area contributed by atoms with Crippen LogP contribution in [0.1, 0.15) is 40.5 Å². The van der Waals surface area contributed by atoms with Gasteiger partial charge in [-0.15, -0.1) is 6.58 Å². The summed E-state index contributed by atoms with van der Waals surface area (Å²) in [5, 5.41) is 8.83. The van der Waals surface area contributed by atoms with Crippen LogP contribution in [0.2, 0.25) is 0 Å². The molecule has 2 aromatic rings. The van der Waals surface area contributed by atoms with Crippen molar-refractivity contribution >= 4 is 10.9 Å². The Kier molecular flexibility index (Phi) is 10.4. The fraction of sp³-hybridized carbons (Fsp3) is 0.333. The van der Waals surface area contributed by atoms with Gasteiger partial charge >= 0.3 is 0 Å². The lowest BCUT2D eigenvalue weighted by molar-refractivity contribution is 0.408. The van der Waals surface area contributed by atoms with E-state index in [1.165, 1.54) is 6.92 Å². The minimum Gasteiger partial charge on any atom is -0.173 e. The van der Waals surface area contributed by atoms with Gasteiger partial charge in [-0.25, -0.2) is 0 Å². The van der Waals surface area contributed by atoms with Crippen molar-refractivity contribution in [3.63, 3.8) is 0 Å². The van der Waals surface area contributed by atoms with Gasteiger partial charge in [0.2, 0.25) is 0 Å². The lowest BCUT2D eigenvalue weighted by Gasteiger charge is -1.97. The van der Waals surface area contributed by atoms with Gasteiger partial charge in [-0.1, -0.05) is 37.6 Å². The first kappa shape index (κ1) is 19.9. The summed E-state index contributed by atoms with van der Waals surface area (Å²) in [6.45, 7) is 10.9. The average Bonchev–Trinajstić information content (AvgIpc) is 2.55. The minimum absolute atomic E-state index is 0.169. The molecule has 0 N–H and O–H groups in total. The topological polar surface area (TPSA) is 25.8 Å². The van der Waals surface area contributed by atoms with E-state index < -0.39 is 6.08 Å². The smallest absolute Gasteiger partial charge is 0.173 e. The monoisotopic (exact) mass is 306 g/mol. The van der Waals surface area contributed by atoms with Gasteiger partial charge in [-0.05, 0) is 44.4 Å². The molecule has 1 heterocycles. The van der Waals surface area contributed by atoms with E-state index in [1.54, 1.807) is 6.20 Å². The lowest BCUT2D eigenvalue weighted by Crippen LogP contribution is -1.80. The molecular formula is C18H24F2N2. The molecule has 0 fully saturated rings. The van der Waals surface area contributed by atoms with Gasteiger partial charge in [0.25, 0.3) is 6.08 Å². The summed E-state index contributed by atoms with van der Waals surface area (Å²) in [4.78, 5) is 0. The molecule has 0 atom stereocenters. The third kappa shape index (κ3) is 8.25. The fourth-order valence-corrected chi connectivity index (χ4v) is 1.42. The molecule has 22 heavy (non-hydrogen) atoms. The highest BCUT2D eigenvalue weighted by atomic mass is 19.3. The molecule has 4 heteroatoms. The van der Waals surface area contributed by atoms with Crippen molar-refractivity contribution in [2.24, 2.45) is 0 Å². The maximum atomic E-state index is 11.7. The summed E-state index contributed by atoms with van der Waals surface area (Å²) in [5.41, 5.74) is 2.06. The van der Waals surface area contributed by atoms with Gasteiger partial charge in [0, 0.05) is 5.39 Å². The number of aromatic nitrogens is 2. The average molecular weight is 306 g/mol. The van der Waals surface area contributed by atoms with Crippen LogP contribution in [0.15, 0.2) is 60.3 Å². The minimum atomic E-state index is -1.55. The van der Waals surface area contributed by atoms with Gasteiger partial charge in [-0.2, -0.15) is 19.0 Å². The molecule has 120 valence electrons. The van der Waals surface area contributed by atoms with Gasteiger partial charge in [0.1, 0.15) is 0 Å². The number of rotatable bonds is 3. The summed E-state index contributed by atoms with van der Waals surface area (Å²) in [6.07, 6.45) is 1.23. The van der Waals surface area contributed by atoms with E-state index in [0.29, 0.717) is 12.8 Å².